The summed E-state index contributed by atoms with van der Waals surface area (Å²) in [5, 5.41) is 8.61. The molecular weight excluding hydrogens is 148 g/mol. The van der Waals surface area contributed by atoms with Crippen molar-refractivity contribution in [1.82, 2.24) is 0 Å². The highest BCUT2D eigenvalue weighted by Crippen LogP contribution is 2.14. The van der Waals surface area contributed by atoms with E-state index < -0.39 is 0 Å². The van der Waals surface area contributed by atoms with Gasteiger partial charge in [0, 0.05) is 6.61 Å². The Kier molecular flexibility index (Phi) is 7.17. The van der Waals surface area contributed by atoms with Crippen LogP contribution in [0.3, 0.4) is 0 Å². The highest BCUT2D eigenvalue weighted by atomic mass is 16.2. The molecule has 0 saturated carbocycles. The first-order valence-electron chi connectivity index (χ1n) is 4.76. The molecule has 0 amide bonds. The molecule has 1 unspecified atom stereocenters. The first kappa shape index (κ1) is 11.7. The van der Waals surface area contributed by atoms with Crippen LogP contribution < -0.4 is 0 Å². The summed E-state index contributed by atoms with van der Waals surface area (Å²) in [7, 11) is 0. The number of hydrogen-bond donors (Lipinski definition) is 1. The van der Waals surface area contributed by atoms with Crippen LogP contribution in [0.25, 0.3) is 0 Å². The Hall–Kier alpha value is -0.300. The van der Waals surface area contributed by atoms with E-state index in [1.54, 1.807) is 0 Å². The first-order chi connectivity index (χ1) is 5.66. The molecule has 1 atom stereocenters. The maximum absolute atomic E-state index is 8.61. The van der Waals surface area contributed by atoms with Crippen molar-refractivity contribution in [1.29, 1.82) is 0 Å². The third kappa shape index (κ3) is 7.80. The summed E-state index contributed by atoms with van der Waals surface area (Å²) < 4.78 is 0. The van der Waals surface area contributed by atoms with E-state index in [2.05, 4.69) is 19.9 Å². The average molecular weight is 169 g/mol. The molecule has 71 valence electrons. The van der Waals surface area contributed by atoms with Crippen molar-refractivity contribution in [3.63, 3.8) is 0 Å². The van der Waals surface area contributed by atoms with Crippen molar-refractivity contribution in [2.75, 3.05) is 6.61 Å². The molecule has 0 fully saturated rings. The Labute approximate surface area is 76.5 Å². The van der Waals surface area contributed by atoms with Crippen molar-refractivity contribution in [3.05, 3.63) is 18.6 Å². The van der Waals surface area contributed by atoms with E-state index in [4.69, 9.17) is 5.11 Å². The molecule has 1 heteroatoms. The van der Waals surface area contributed by atoms with Gasteiger partial charge < -0.3 is 5.11 Å². The van der Waals surface area contributed by atoms with Gasteiger partial charge in [-0.25, -0.2) is 0 Å². The fourth-order valence-corrected chi connectivity index (χ4v) is 1.20. The normalized spacial score (nSPS) is 12.9. The van der Waals surface area contributed by atoms with E-state index in [0.717, 1.165) is 30.8 Å². The molecule has 1 nitrogen and oxygen atoms in total. The standard InChI is InChI=1S/C11H21O/c1-10(2)6-4-7-11(3)8-5-9-12/h6,11-12H,1,4-5,7-9H2,2-3H3. The molecular formula is C11H21O. The van der Waals surface area contributed by atoms with Crippen molar-refractivity contribution < 1.29 is 5.11 Å². The van der Waals surface area contributed by atoms with Crippen LogP contribution in [0.15, 0.2) is 12.2 Å². The van der Waals surface area contributed by atoms with E-state index >= 15 is 0 Å². The Morgan fingerprint density at radius 2 is 2.17 bits per heavy atom. The molecule has 0 bridgehead atoms. The number of aliphatic hydroxyl groups excluding tert-OH is 1. The van der Waals surface area contributed by atoms with Crippen LogP contribution in [-0.4, -0.2) is 11.7 Å². The van der Waals surface area contributed by atoms with E-state index in [1.807, 2.05) is 6.92 Å². The van der Waals surface area contributed by atoms with E-state index in [1.165, 1.54) is 6.42 Å². The summed E-state index contributed by atoms with van der Waals surface area (Å²) in [6.07, 6.45) is 6.60. The topological polar surface area (TPSA) is 20.2 Å². The Morgan fingerprint density at radius 3 is 2.67 bits per heavy atom. The molecule has 1 N–H and O–H groups in total. The van der Waals surface area contributed by atoms with Crippen LogP contribution in [-0.2, 0) is 0 Å². The van der Waals surface area contributed by atoms with Crippen LogP contribution in [0.5, 0.6) is 0 Å². The van der Waals surface area contributed by atoms with Crippen molar-refractivity contribution in [2.24, 2.45) is 5.92 Å². The number of aliphatic hydroxyl groups is 1. The monoisotopic (exact) mass is 169 g/mol. The molecule has 0 rings (SSSR count). The molecule has 12 heavy (non-hydrogen) atoms. The van der Waals surface area contributed by atoms with E-state index in [0.29, 0.717) is 6.61 Å². The third-order valence-corrected chi connectivity index (χ3v) is 2.01. The molecule has 0 aromatic heterocycles. The molecule has 0 heterocycles. The Balaban J connectivity index is 3.19. The molecule has 0 spiro atoms. The van der Waals surface area contributed by atoms with Crippen LogP contribution in [0.4, 0.5) is 0 Å². The highest BCUT2D eigenvalue weighted by Gasteiger charge is 2.00. The minimum absolute atomic E-state index is 0.328. The smallest absolute Gasteiger partial charge is 0.0431 e. The van der Waals surface area contributed by atoms with Gasteiger partial charge in [-0.1, -0.05) is 25.5 Å². The molecule has 0 saturated heterocycles. The summed E-state index contributed by atoms with van der Waals surface area (Å²) >= 11 is 0. The Bertz CT molecular complexity index is 118. The van der Waals surface area contributed by atoms with Gasteiger partial charge in [0.05, 0.1) is 0 Å². The van der Waals surface area contributed by atoms with Crippen molar-refractivity contribution >= 4 is 0 Å². The van der Waals surface area contributed by atoms with E-state index in [-0.39, 0.29) is 0 Å². The van der Waals surface area contributed by atoms with Gasteiger partial charge in [-0.3, -0.25) is 0 Å². The maximum Gasteiger partial charge on any atom is 0.0431 e. The number of hydrogen-bond acceptors (Lipinski definition) is 1. The Morgan fingerprint density at radius 1 is 1.50 bits per heavy atom. The fourth-order valence-electron chi connectivity index (χ4n) is 1.20. The molecule has 0 aromatic carbocycles. The molecule has 0 aromatic rings. The SMILES string of the molecule is C=C(C)[CH]CCC(C)CCCO. The zero-order valence-electron chi connectivity index (χ0n) is 8.34. The number of allylic oxidation sites excluding steroid dienone is 1. The quantitative estimate of drug-likeness (QED) is 0.621. The minimum Gasteiger partial charge on any atom is -0.396 e. The zero-order chi connectivity index (χ0) is 9.40. The van der Waals surface area contributed by atoms with Crippen molar-refractivity contribution in [3.8, 4) is 0 Å². The first-order valence-corrected chi connectivity index (χ1v) is 4.76. The summed E-state index contributed by atoms with van der Waals surface area (Å²) in [6.45, 7) is 8.41. The van der Waals surface area contributed by atoms with E-state index in [9.17, 15) is 0 Å². The lowest BCUT2D eigenvalue weighted by molar-refractivity contribution is 0.271. The summed E-state index contributed by atoms with van der Waals surface area (Å²) in [4.78, 5) is 0. The lowest BCUT2D eigenvalue weighted by atomic mass is 9.98. The largest absolute Gasteiger partial charge is 0.396 e. The lowest BCUT2D eigenvalue weighted by Crippen LogP contribution is -1.96. The van der Waals surface area contributed by atoms with Gasteiger partial charge in [-0.05, 0) is 38.5 Å². The van der Waals surface area contributed by atoms with Crippen LogP contribution in [0.2, 0.25) is 0 Å². The summed E-state index contributed by atoms with van der Waals surface area (Å²) in [5.74, 6) is 0.729. The third-order valence-electron chi connectivity index (χ3n) is 2.01. The second-order valence-corrected chi connectivity index (χ2v) is 3.60. The van der Waals surface area contributed by atoms with Gasteiger partial charge in [0.25, 0.3) is 0 Å². The van der Waals surface area contributed by atoms with Gasteiger partial charge in [-0.2, -0.15) is 0 Å². The van der Waals surface area contributed by atoms with Crippen LogP contribution in [0.1, 0.15) is 39.5 Å². The average Bonchev–Trinajstić information content (AvgIpc) is 2.00. The maximum atomic E-state index is 8.61. The van der Waals surface area contributed by atoms with Gasteiger partial charge in [0.1, 0.15) is 0 Å². The minimum atomic E-state index is 0.328. The second kappa shape index (κ2) is 7.35. The van der Waals surface area contributed by atoms with Crippen molar-refractivity contribution in [2.45, 2.75) is 39.5 Å². The van der Waals surface area contributed by atoms with Gasteiger partial charge in [0.2, 0.25) is 0 Å². The van der Waals surface area contributed by atoms with Gasteiger partial charge in [0.15, 0.2) is 0 Å². The van der Waals surface area contributed by atoms with Gasteiger partial charge in [-0.15, -0.1) is 0 Å². The highest BCUT2D eigenvalue weighted by molar-refractivity contribution is 5.03. The fraction of sp³-hybridized carbons (Fsp3) is 0.727. The summed E-state index contributed by atoms with van der Waals surface area (Å²) in [5.41, 5.74) is 1.16. The van der Waals surface area contributed by atoms with Crippen LogP contribution in [0, 0.1) is 12.3 Å². The number of rotatable bonds is 7. The zero-order valence-corrected chi connectivity index (χ0v) is 8.34. The lowest BCUT2D eigenvalue weighted by Gasteiger charge is -2.09. The van der Waals surface area contributed by atoms with Gasteiger partial charge >= 0.3 is 0 Å². The summed E-state index contributed by atoms with van der Waals surface area (Å²) in [6, 6.07) is 0. The molecule has 1 radical (unpaired) electrons. The predicted octanol–water partition coefficient (Wildman–Crippen LogP) is 2.96. The van der Waals surface area contributed by atoms with Crippen LogP contribution >= 0.6 is 0 Å². The second-order valence-electron chi connectivity index (χ2n) is 3.60. The molecule has 0 aliphatic heterocycles. The molecule has 0 aliphatic carbocycles. The predicted molar refractivity (Wildman–Crippen MR) is 53.8 cm³/mol. The molecule has 0 aliphatic rings.